The second kappa shape index (κ2) is 8.75. The van der Waals surface area contributed by atoms with Gasteiger partial charge >= 0.3 is 5.97 Å². The van der Waals surface area contributed by atoms with Crippen LogP contribution in [0.5, 0.6) is 0 Å². The standard InChI is InChI=1S/C19H21N3O4/c1-4-22(5-2)18(24)16-12-14(10-11-20-16)17(23)21-15-8-6-13(7-9-15)19(25)26-3/h6-12H,4-5H2,1-3H3,(H,21,23). The lowest BCUT2D eigenvalue weighted by Crippen LogP contribution is -2.31. The second-order valence-electron chi connectivity index (χ2n) is 5.43. The molecule has 0 spiro atoms. The van der Waals surface area contributed by atoms with E-state index in [0.717, 1.165) is 0 Å². The Morgan fingerprint density at radius 2 is 1.69 bits per heavy atom. The van der Waals surface area contributed by atoms with Crippen LogP contribution in [0.25, 0.3) is 0 Å². The lowest BCUT2D eigenvalue weighted by Gasteiger charge is -2.18. The van der Waals surface area contributed by atoms with Crippen molar-refractivity contribution in [1.82, 2.24) is 9.88 Å². The first kappa shape index (κ1) is 19.1. The van der Waals surface area contributed by atoms with Gasteiger partial charge in [0.2, 0.25) is 0 Å². The summed E-state index contributed by atoms with van der Waals surface area (Å²) in [4.78, 5) is 41.9. The Kier molecular flexibility index (Phi) is 6.43. The molecular weight excluding hydrogens is 334 g/mol. The first-order chi connectivity index (χ1) is 12.5. The molecule has 0 saturated heterocycles. The zero-order valence-corrected chi connectivity index (χ0v) is 15.0. The van der Waals surface area contributed by atoms with E-state index in [-0.39, 0.29) is 17.5 Å². The van der Waals surface area contributed by atoms with Crippen molar-refractivity contribution in [3.8, 4) is 0 Å². The van der Waals surface area contributed by atoms with Gasteiger partial charge < -0.3 is 15.0 Å². The minimum atomic E-state index is -0.448. The van der Waals surface area contributed by atoms with Crippen LogP contribution in [0, 0.1) is 0 Å². The van der Waals surface area contributed by atoms with E-state index in [4.69, 9.17) is 0 Å². The fourth-order valence-corrected chi connectivity index (χ4v) is 2.37. The van der Waals surface area contributed by atoms with Gasteiger partial charge in [-0.2, -0.15) is 0 Å². The van der Waals surface area contributed by atoms with E-state index in [1.54, 1.807) is 29.2 Å². The maximum atomic E-state index is 12.4. The maximum Gasteiger partial charge on any atom is 0.337 e. The number of ether oxygens (including phenoxy) is 1. The summed E-state index contributed by atoms with van der Waals surface area (Å²) in [6.07, 6.45) is 1.44. The van der Waals surface area contributed by atoms with Gasteiger partial charge in [0.15, 0.2) is 0 Å². The number of carbonyl (C=O) groups excluding carboxylic acids is 3. The quantitative estimate of drug-likeness (QED) is 0.805. The molecule has 1 N–H and O–H groups in total. The minimum Gasteiger partial charge on any atom is -0.465 e. The fraction of sp³-hybridized carbons (Fsp3) is 0.263. The number of rotatable bonds is 6. The van der Waals surface area contributed by atoms with Gasteiger partial charge in [-0.05, 0) is 50.2 Å². The highest BCUT2D eigenvalue weighted by Gasteiger charge is 2.16. The summed E-state index contributed by atoms with van der Waals surface area (Å²) in [5.41, 5.74) is 1.47. The van der Waals surface area contributed by atoms with Crippen molar-refractivity contribution in [1.29, 1.82) is 0 Å². The topological polar surface area (TPSA) is 88.6 Å². The first-order valence-corrected chi connectivity index (χ1v) is 8.25. The summed E-state index contributed by atoms with van der Waals surface area (Å²) < 4.78 is 4.63. The third kappa shape index (κ3) is 4.44. The first-order valence-electron chi connectivity index (χ1n) is 8.25. The van der Waals surface area contributed by atoms with E-state index in [0.29, 0.717) is 29.9 Å². The summed E-state index contributed by atoms with van der Waals surface area (Å²) in [5.74, 6) is -1.03. The molecule has 2 amide bonds. The highest BCUT2D eigenvalue weighted by atomic mass is 16.5. The van der Waals surface area contributed by atoms with Crippen LogP contribution in [0.15, 0.2) is 42.6 Å². The predicted octanol–water partition coefficient (Wildman–Crippen LogP) is 2.60. The van der Waals surface area contributed by atoms with Crippen molar-refractivity contribution in [2.45, 2.75) is 13.8 Å². The summed E-state index contributed by atoms with van der Waals surface area (Å²) in [6.45, 7) is 4.91. The lowest BCUT2D eigenvalue weighted by atomic mass is 10.1. The summed E-state index contributed by atoms with van der Waals surface area (Å²) in [7, 11) is 1.30. The van der Waals surface area contributed by atoms with E-state index in [1.165, 1.54) is 25.4 Å². The van der Waals surface area contributed by atoms with Gasteiger partial charge in [-0.1, -0.05) is 0 Å². The lowest BCUT2D eigenvalue weighted by molar-refractivity contribution is 0.0600. The largest absolute Gasteiger partial charge is 0.465 e. The van der Waals surface area contributed by atoms with Crippen molar-refractivity contribution in [3.63, 3.8) is 0 Å². The smallest absolute Gasteiger partial charge is 0.337 e. The number of anilines is 1. The van der Waals surface area contributed by atoms with E-state index >= 15 is 0 Å². The Balaban J connectivity index is 2.14. The van der Waals surface area contributed by atoms with Crippen molar-refractivity contribution in [2.24, 2.45) is 0 Å². The maximum absolute atomic E-state index is 12.4. The number of pyridine rings is 1. The van der Waals surface area contributed by atoms with Gasteiger partial charge in [-0.3, -0.25) is 14.6 Å². The number of nitrogens with one attached hydrogen (secondary N) is 1. The van der Waals surface area contributed by atoms with Crippen LogP contribution in [0.3, 0.4) is 0 Å². The highest BCUT2D eigenvalue weighted by molar-refractivity contribution is 6.05. The average Bonchev–Trinajstić information content (AvgIpc) is 2.68. The number of methoxy groups -OCH3 is 1. The molecule has 0 unspecified atom stereocenters. The second-order valence-corrected chi connectivity index (χ2v) is 5.43. The summed E-state index contributed by atoms with van der Waals surface area (Å²) >= 11 is 0. The molecule has 0 aliphatic carbocycles. The molecule has 0 atom stereocenters. The monoisotopic (exact) mass is 355 g/mol. The van der Waals surface area contributed by atoms with Gasteiger partial charge in [-0.25, -0.2) is 4.79 Å². The predicted molar refractivity (Wildman–Crippen MR) is 97.2 cm³/mol. The Bertz CT molecular complexity index is 799. The van der Waals surface area contributed by atoms with E-state index in [9.17, 15) is 14.4 Å². The molecular formula is C19H21N3O4. The van der Waals surface area contributed by atoms with Gasteiger partial charge in [0.25, 0.3) is 11.8 Å². The van der Waals surface area contributed by atoms with Gasteiger partial charge in [0.1, 0.15) is 5.69 Å². The van der Waals surface area contributed by atoms with Crippen LogP contribution in [0.4, 0.5) is 5.69 Å². The Morgan fingerprint density at radius 3 is 2.27 bits per heavy atom. The van der Waals surface area contributed by atoms with Crippen LogP contribution in [-0.4, -0.2) is 47.9 Å². The zero-order valence-electron chi connectivity index (χ0n) is 15.0. The van der Waals surface area contributed by atoms with E-state index < -0.39 is 5.97 Å². The summed E-state index contributed by atoms with van der Waals surface area (Å²) in [5, 5.41) is 2.72. The molecule has 2 aromatic rings. The normalized spacial score (nSPS) is 10.1. The van der Waals surface area contributed by atoms with Crippen LogP contribution >= 0.6 is 0 Å². The van der Waals surface area contributed by atoms with Crippen LogP contribution < -0.4 is 5.32 Å². The molecule has 0 bridgehead atoms. The highest BCUT2D eigenvalue weighted by Crippen LogP contribution is 2.13. The Hall–Kier alpha value is -3.22. The molecule has 0 saturated carbocycles. The van der Waals surface area contributed by atoms with E-state index in [2.05, 4.69) is 15.0 Å². The molecule has 0 fully saturated rings. The molecule has 1 aromatic carbocycles. The number of hydrogen-bond donors (Lipinski definition) is 1. The number of amides is 2. The molecule has 7 nitrogen and oxygen atoms in total. The Morgan fingerprint density at radius 1 is 1.04 bits per heavy atom. The molecule has 2 rings (SSSR count). The fourth-order valence-electron chi connectivity index (χ4n) is 2.37. The number of carbonyl (C=O) groups is 3. The molecule has 7 heteroatoms. The van der Waals surface area contributed by atoms with Crippen LogP contribution in [-0.2, 0) is 4.74 Å². The molecule has 1 aromatic heterocycles. The summed E-state index contributed by atoms with van der Waals surface area (Å²) in [6, 6.07) is 9.34. The number of benzene rings is 1. The number of aromatic nitrogens is 1. The van der Waals surface area contributed by atoms with Crippen LogP contribution in [0.1, 0.15) is 45.1 Å². The number of hydrogen-bond acceptors (Lipinski definition) is 5. The van der Waals surface area contributed by atoms with Gasteiger partial charge in [0.05, 0.1) is 12.7 Å². The van der Waals surface area contributed by atoms with Crippen molar-refractivity contribution >= 4 is 23.5 Å². The number of nitrogens with zero attached hydrogens (tertiary/aromatic N) is 2. The third-order valence-electron chi connectivity index (χ3n) is 3.86. The molecule has 0 aliphatic heterocycles. The van der Waals surface area contributed by atoms with Crippen molar-refractivity contribution in [2.75, 3.05) is 25.5 Å². The third-order valence-corrected chi connectivity index (χ3v) is 3.86. The van der Waals surface area contributed by atoms with Gasteiger partial charge in [0, 0.05) is 30.5 Å². The molecule has 26 heavy (non-hydrogen) atoms. The Labute approximate surface area is 152 Å². The van der Waals surface area contributed by atoms with Crippen LogP contribution in [0.2, 0.25) is 0 Å². The number of esters is 1. The SMILES string of the molecule is CCN(CC)C(=O)c1cc(C(=O)Nc2ccc(C(=O)OC)cc2)ccn1. The van der Waals surface area contributed by atoms with Gasteiger partial charge in [-0.15, -0.1) is 0 Å². The average molecular weight is 355 g/mol. The molecule has 1 heterocycles. The van der Waals surface area contributed by atoms with Crippen molar-refractivity contribution in [3.05, 3.63) is 59.4 Å². The van der Waals surface area contributed by atoms with E-state index in [1.807, 2.05) is 13.8 Å². The van der Waals surface area contributed by atoms with Crippen molar-refractivity contribution < 1.29 is 19.1 Å². The molecule has 0 aliphatic rings. The zero-order chi connectivity index (χ0) is 19.1. The minimum absolute atomic E-state index is 0.216. The molecule has 136 valence electrons. The molecule has 0 radical (unpaired) electrons.